The molecule has 0 amide bonds. The SMILES string of the molecule is CCC1CN(c2nc(Br)cs2)CCC1N. The first-order valence-electron chi connectivity index (χ1n) is 5.32. The molecule has 0 radical (unpaired) electrons. The maximum absolute atomic E-state index is 6.08. The van der Waals surface area contributed by atoms with Crippen molar-refractivity contribution in [1.29, 1.82) is 0 Å². The third-order valence-corrected chi connectivity index (χ3v) is 4.66. The van der Waals surface area contributed by atoms with E-state index < -0.39 is 0 Å². The highest BCUT2D eigenvalue weighted by Gasteiger charge is 2.26. The minimum absolute atomic E-state index is 0.370. The van der Waals surface area contributed by atoms with E-state index in [1.165, 1.54) is 0 Å². The summed E-state index contributed by atoms with van der Waals surface area (Å²) in [6.45, 7) is 4.31. The van der Waals surface area contributed by atoms with E-state index in [0.29, 0.717) is 12.0 Å². The minimum Gasteiger partial charge on any atom is -0.348 e. The Morgan fingerprint density at radius 2 is 2.53 bits per heavy atom. The van der Waals surface area contributed by atoms with Crippen molar-refractivity contribution >= 4 is 32.4 Å². The zero-order chi connectivity index (χ0) is 10.8. The van der Waals surface area contributed by atoms with Crippen LogP contribution in [-0.2, 0) is 0 Å². The van der Waals surface area contributed by atoms with Gasteiger partial charge in [0, 0.05) is 24.5 Å². The molecule has 0 saturated carbocycles. The lowest BCUT2D eigenvalue weighted by molar-refractivity contribution is 0.348. The van der Waals surface area contributed by atoms with Crippen molar-refractivity contribution < 1.29 is 0 Å². The van der Waals surface area contributed by atoms with Crippen LogP contribution in [0.5, 0.6) is 0 Å². The molecule has 5 heteroatoms. The fraction of sp³-hybridized carbons (Fsp3) is 0.700. The van der Waals surface area contributed by atoms with Crippen LogP contribution >= 0.6 is 27.3 Å². The van der Waals surface area contributed by atoms with Gasteiger partial charge in [-0.3, -0.25) is 0 Å². The van der Waals surface area contributed by atoms with E-state index >= 15 is 0 Å². The van der Waals surface area contributed by atoms with Crippen molar-refractivity contribution in [2.45, 2.75) is 25.8 Å². The fourth-order valence-corrected chi connectivity index (χ4v) is 3.33. The molecule has 1 aromatic rings. The molecule has 2 atom stereocenters. The molecule has 2 N–H and O–H groups in total. The fourth-order valence-electron chi connectivity index (χ4n) is 2.05. The Labute approximate surface area is 103 Å². The van der Waals surface area contributed by atoms with Gasteiger partial charge in [0.25, 0.3) is 0 Å². The smallest absolute Gasteiger partial charge is 0.186 e. The summed E-state index contributed by atoms with van der Waals surface area (Å²) in [5, 5.41) is 3.15. The molecule has 2 heterocycles. The Balaban J connectivity index is 2.06. The molecular weight excluding hydrogens is 274 g/mol. The molecule has 0 bridgehead atoms. The van der Waals surface area contributed by atoms with Gasteiger partial charge >= 0.3 is 0 Å². The second-order valence-electron chi connectivity index (χ2n) is 4.02. The monoisotopic (exact) mass is 289 g/mol. The van der Waals surface area contributed by atoms with E-state index in [0.717, 1.165) is 35.7 Å². The third kappa shape index (κ3) is 2.52. The molecule has 0 aliphatic carbocycles. The van der Waals surface area contributed by atoms with Crippen molar-refractivity contribution in [3.05, 3.63) is 9.98 Å². The average Bonchev–Trinajstić information content (AvgIpc) is 2.66. The van der Waals surface area contributed by atoms with E-state index in [2.05, 4.69) is 32.7 Å². The minimum atomic E-state index is 0.370. The first-order valence-corrected chi connectivity index (χ1v) is 6.99. The van der Waals surface area contributed by atoms with Gasteiger partial charge in [-0.15, -0.1) is 11.3 Å². The van der Waals surface area contributed by atoms with Gasteiger partial charge in [-0.1, -0.05) is 13.3 Å². The number of aromatic nitrogens is 1. The third-order valence-electron chi connectivity index (χ3n) is 3.05. The Morgan fingerprint density at radius 1 is 1.73 bits per heavy atom. The van der Waals surface area contributed by atoms with Crippen LogP contribution in [0.25, 0.3) is 0 Å². The zero-order valence-electron chi connectivity index (χ0n) is 8.82. The Hall–Kier alpha value is -0.130. The molecule has 2 unspecified atom stereocenters. The van der Waals surface area contributed by atoms with Gasteiger partial charge in [0.05, 0.1) is 0 Å². The molecule has 0 aromatic carbocycles. The number of thiazole rings is 1. The summed E-state index contributed by atoms with van der Waals surface area (Å²) in [6, 6.07) is 0.370. The normalized spacial score (nSPS) is 27.0. The van der Waals surface area contributed by atoms with Crippen molar-refractivity contribution in [3.8, 4) is 0 Å². The van der Waals surface area contributed by atoms with Gasteiger partial charge in [0.15, 0.2) is 5.13 Å². The van der Waals surface area contributed by atoms with Crippen molar-refractivity contribution in [2.75, 3.05) is 18.0 Å². The van der Waals surface area contributed by atoms with Crippen LogP contribution in [0.2, 0.25) is 0 Å². The first kappa shape index (κ1) is 11.4. The second kappa shape index (κ2) is 4.80. The summed E-state index contributed by atoms with van der Waals surface area (Å²) in [5.74, 6) is 0.612. The molecule has 1 saturated heterocycles. The molecule has 0 spiro atoms. The largest absolute Gasteiger partial charge is 0.348 e. The highest BCUT2D eigenvalue weighted by molar-refractivity contribution is 9.10. The van der Waals surface area contributed by atoms with Crippen LogP contribution in [0.4, 0.5) is 5.13 Å². The maximum Gasteiger partial charge on any atom is 0.186 e. The Kier molecular flexibility index (Phi) is 3.64. The number of piperidine rings is 1. The lowest BCUT2D eigenvalue weighted by atomic mass is 9.91. The molecule has 1 aromatic heterocycles. The van der Waals surface area contributed by atoms with Crippen LogP contribution in [0.3, 0.4) is 0 Å². The van der Waals surface area contributed by atoms with Crippen LogP contribution in [0.1, 0.15) is 19.8 Å². The number of anilines is 1. The predicted octanol–water partition coefficient (Wildman–Crippen LogP) is 2.47. The summed E-state index contributed by atoms with van der Waals surface area (Å²) >= 11 is 5.09. The summed E-state index contributed by atoms with van der Waals surface area (Å²) < 4.78 is 0.936. The number of hydrogen-bond acceptors (Lipinski definition) is 4. The zero-order valence-corrected chi connectivity index (χ0v) is 11.2. The molecule has 1 aliphatic rings. The van der Waals surface area contributed by atoms with Crippen LogP contribution in [-0.4, -0.2) is 24.1 Å². The van der Waals surface area contributed by atoms with E-state index in [-0.39, 0.29) is 0 Å². The molecule has 3 nitrogen and oxygen atoms in total. The summed E-state index contributed by atoms with van der Waals surface area (Å²) in [5.41, 5.74) is 6.08. The van der Waals surface area contributed by atoms with E-state index in [1.54, 1.807) is 11.3 Å². The Bertz CT molecular complexity index is 328. The van der Waals surface area contributed by atoms with Gasteiger partial charge in [-0.25, -0.2) is 4.98 Å². The number of hydrogen-bond donors (Lipinski definition) is 1. The molecule has 2 rings (SSSR count). The van der Waals surface area contributed by atoms with Gasteiger partial charge in [0.1, 0.15) is 4.60 Å². The van der Waals surface area contributed by atoms with E-state index in [4.69, 9.17) is 5.73 Å². The summed E-state index contributed by atoms with van der Waals surface area (Å²) in [4.78, 5) is 6.80. The quantitative estimate of drug-likeness (QED) is 0.910. The van der Waals surface area contributed by atoms with Gasteiger partial charge < -0.3 is 10.6 Å². The Morgan fingerprint density at radius 3 is 3.13 bits per heavy atom. The summed E-state index contributed by atoms with van der Waals surface area (Å²) in [7, 11) is 0. The van der Waals surface area contributed by atoms with E-state index in [9.17, 15) is 0 Å². The number of rotatable bonds is 2. The lowest BCUT2D eigenvalue weighted by Gasteiger charge is -2.36. The highest BCUT2D eigenvalue weighted by Crippen LogP contribution is 2.28. The second-order valence-corrected chi connectivity index (χ2v) is 5.67. The molecule has 84 valence electrons. The number of nitrogens with zero attached hydrogens (tertiary/aromatic N) is 2. The summed E-state index contributed by atoms with van der Waals surface area (Å²) in [6.07, 6.45) is 2.24. The van der Waals surface area contributed by atoms with Crippen molar-refractivity contribution in [2.24, 2.45) is 11.7 Å². The van der Waals surface area contributed by atoms with Crippen LogP contribution in [0, 0.1) is 5.92 Å². The lowest BCUT2D eigenvalue weighted by Crippen LogP contribution is -2.46. The van der Waals surface area contributed by atoms with Crippen molar-refractivity contribution in [3.63, 3.8) is 0 Å². The van der Waals surface area contributed by atoms with Crippen molar-refractivity contribution in [1.82, 2.24) is 4.98 Å². The molecule has 15 heavy (non-hydrogen) atoms. The maximum atomic E-state index is 6.08. The molecule has 1 aliphatic heterocycles. The molecular formula is C10H16BrN3S. The topological polar surface area (TPSA) is 42.2 Å². The number of halogens is 1. The van der Waals surface area contributed by atoms with Crippen LogP contribution < -0.4 is 10.6 Å². The average molecular weight is 290 g/mol. The van der Waals surface area contributed by atoms with Gasteiger partial charge in [0.2, 0.25) is 0 Å². The first-order chi connectivity index (χ1) is 7.20. The predicted molar refractivity (Wildman–Crippen MR) is 68.4 cm³/mol. The highest BCUT2D eigenvalue weighted by atomic mass is 79.9. The van der Waals surface area contributed by atoms with Gasteiger partial charge in [-0.2, -0.15) is 0 Å². The number of nitrogens with two attached hydrogens (primary N) is 1. The standard InChI is InChI=1S/C10H16BrN3S/c1-2-7-5-14(4-3-8(7)12)10-13-9(11)6-15-10/h6-8H,2-5,12H2,1H3. The van der Waals surface area contributed by atoms with Crippen LogP contribution in [0.15, 0.2) is 9.98 Å². The van der Waals surface area contributed by atoms with E-state index in [1.807, 2.05) is 5.38 Å². The van der Waals surface area contributed by atoms with Gasteiger partial charge in [-0.05, 0) is 28.3 Å². The molecule has 1 fully saturated rings.